The van der Waals surface area contributed by atoms with Gasteiger partial charge in [0.25, 0.3) is 0 Å². The molecule has 0 atom stereocenters. The van der Waals surface area contributed by atoms with E-state index in [0.717, 1.165) is 42.5 Å². The lowest BCUT2D eigenvalue weighted by molar-refractivity contribution is -0.255. The summed E-state index contributed by atoms with van der Waals surface area (Å²) in [6.07, 6.45) is 5.25. The highest BCUT2D eigenvalue weighted by molar-refractivity contribution is 7.17. The number of fused-ring (bicyclic) bond motifs is 1. The molecule has 3 rings (SSSR count). The number of carboxylic acids is 1. The van der Waals surface area contributed by atoms with Crippen LogP contribution >= 0.6 is 11.3 Å². The molecule has 1 aliphatic heterocycles. The Bertz CT molecular complexity index is 632. The lowest BCUT2D eigenvalue weighted by Gasteiger charge is -2.15. The van der Waals surface area contributed by atoms with Crippen LogP contribution in [0.2, 0.25) is 0 Å². The number of rotatable bonds is 2. The first-order chi connectivity index (χ1) is 10.6. The van der Waals surface area contributed by atoms with Crippen LogP contribution in [0.15, 0.2) is 0 Å². The van der Waals surface area contributed by atoms with E-state index in [1.807, 2.05) is 0 Å². The third kappa shape index (κ3) is 2.72. The molecule has 0 aromatic carbocycles. The van der Waals surface area contributed by atoms with Crippen molar-refractivity contribution in [2.24, 2.45) is 0 Å². The number of hydrogen-bond donors (Lipinski definition) is 1. The van der Waals surface area contributed by atoms with Crippen molar-refractivity contribution in [2.75, 3.05) is 18.4 Å². The zero-order valence-electron chi connectivity index (χ0n) is 12.1. The summed E-state index contributed by atoms with van der Waals surface area (Å²) in [4.78, 5) is 38.0. The molecule has 7 heteroatoms. The molecule has 2 amide bonds. The Morgan fingerprint density at radius 3 is 2.41 bits per heavy atom. The summed E-state index contributed by atoms with van der Waals surface area (Å²) in [6.45, 7) is 1.17. The molecule has 118 valence electrons. The Hall–Kier alpha value is -1.89. The van der Waals surface area contributed by atoms with E-state index in [0.29, 0.717) is 19.5 Å². The Labute approximate surface area is 132 Å². The van der Waals surface area contributed by atoms with Crippen LogP contribution in [0.3, 0.4) is 0 Å². The average molecular weight is 321 g/mol. The summed E-state index contributed by atoms with van der Waals surface area (Å²) in [7, 11) is 0. The largest absolute Gasteiger partial charge is 0.545 e. The van der Waals surface area contributed by atoms with Gasteiger partial charge in [0.2, 0.25) is 0 Å². The van der Waals surface area contributed by atoms with Gasteiger partial charge in [-0.25, -0.2) is 0 Å². The summed E-state index contributed by atoms with van der Waals surface area (Å²) < 4.78 is 0. The molecule has 22 heavy (non-hydrogen) atoms. The molecule has 1 aromatic rings. The predicted octanol–water partition coefficient (Wildman–Crippen LogP) is 0.551. The smallest absolute Gasteiger partial charge is 0.314 e. The van der Waals surface area contributed by atoms with Crippen LogP contribution in [-0.4, -0.2) is 35.8 Å². The minimum absolute atomic E-state index is 0.0577. The van der Waals surface area contributed by atoms with Gasteiger partial charge >= 0.3 is 11.8 Å². The van der Waals surface area contributed by atoms with E-state index >= 15 is 0 Å². The van der Waals surface area contributed by atoms with E-state index < -0.39 is 17.8 Å². The third-order valence-electron chi connectivity index (χ3n) is 4.19. The Morgan fingerprint density at radius 2 is 1.73 bits per heavy atom. The number of carbonyl (C=O) groups excluding carboxylic acids is 3. The molecular weight excluding hydrogens is 304 g/mol. The van der Waals surface area contributed by atoms with Crippen LogP contribution < -0.4 is 10.4 Å². The van der Waals surface area contributed by atoms with Gasteiger partial charge in [-0.2, -0.15) is 0 Å². The zero-order valence-corrected chi connectivity index (χ0v) is 13.0. The number of nitrogens with zero attached hydrogens (tertiary/aromatic N) is 1. The van der Waals surface area contributed by atoms with Gasteiger partial charge in [-0.05, 0) is 44.1 Å². The van der Waals surface area contributed by atoms with E-state index in [1.165, 1.54) is 16.2 Å². The van der Waals surface area contributed by atoms with Crippen molar-refractivity contribution in [3.63, 3.8) is 0 Å². The van der Waals surface area contributed by atoms with E-state index in [1.54, 1.807) is 0 Å². The highest BCUT2D eigenvalue weighted by Gasteiger charge is 2.27. The fourth-order valence-electron chi connectivity index (χ4n) is 3.09. The number of anilines is 1. The van der Waals surface area contributed by atoms with Crippen LogP contribution in [0.4, 0.5) is 5.00 Å². The lowest BCUT2D eigenvalue weighted by atomic mass is 9.95. The fraction of sp³-hybridized carbons (Fsp3) is 0.533. The van der Waals surface area contributed by atoms with Gasteiger partial charge in [0.15, 0.2) is 0 Å². The monoisotopic (exact) mass is 321 g/mol. The number of thiophene rings is 1. The van der Waals surface area contributed by atoms with Crippen LogP contribution in [0.5, 0.6) is 0 Å². The number of carboxylic acid groups (broad SMARTS) is 1. The number of hydrogen-bond acceptors (Lipinski definition) is 5. The van der Waals surface area contributed by atoms with Crippen molar-refractivity contribution in [3.8, 4) is 0 Å². The second kappa shape index (κ2) is 6.08. The maximum atomic E-state index is 12.1. The van der Waals surface area contributed by atoms with Crippen molar-refractivity contribution >= 4 is 34.1 Å². The zero-order chi connectivity index (χ0) is 15.7. The molecule has 6 nitrogen and oxygen atoms in total. The van der Waals surface area contributed by atoms with Gasteiger partial charge < -0.3 is 20.1 Å². The first-order valence-electron chi connectivity index (χ1n) is 7.54. The van der Waals surface area contributed by atoms with Gasteiger partial charge in [0.1, 0.15) is 5.00 Å². The first kappa shape index (κ1) is 15.0. The quantitative estimate of drug-likeness (QED) is 0.806. The minimum Gasteiger partial charge on any atom is -0.545 e. The predicted molar refractivity (Wildman–Crippen MR) is 79.7 cm³/mol. The molecule has 2 heterocycles. The van der Waals surface area contributed by atoms with Gasteiger partial charge in [-0.15, -0.1) is 11.3 Å². The number of carbonyl (C=O) groups is 3. The average Bonchev–Trinajstić information content (AvgIpc) is 3.13. The molecule has 0 spiro atoms. The number of likely N-dealkylation sites (tertiary alicyclic amines) is 1. The molecule has 0 radical (unpaired) electrons. The first-order valence-corrected chi connectivity index (χ1v) is 8.35. The molecule has 0 bridgehead atoms. The van der Waals surface area contributed by atoms with Crippen LogP contribution in [-0.2, 0) is 22.4 Å². The normalized spacial score (nSPS) is 17.2. The van der Waals surface area contributed by atoms with Crippen molar-refractivity contribution in [1.29, 1.82) is 0 Å². The molecule has 1 aromatic heterocycles. The fourth-order valence-corrected chi connectivity index (χ4v) is 4.36. The van der Waals surface area contributed by atoms with E-state index in [2.05, 4.69) is 5.32 Å². The van der Waals surface area contributed by atoms with Crippen molar-refractivity contribution in [2.45, 2.75) is 38.5 Å². The van der Waals surface area contributed by atoms with Gasteiger partial charge in [0.05, 0.1) is 5.97 Å². The summed E-state index contributed by atoms with van der Waals surface area (Å²) in [5.41, 5.74) is 0.822. The highest BCUT2D eigenvalue weighted by atomic mass is 32.1. The summed E-state index contributed by atoms with van der Waals surface area (Å²) in [5, 5.41) is 14.1. The van der Waals surface area contributed by atoms with Gasteiger partial charge in [0, 0.05) is 23.5 Å². The minimum atomic E-state index is -1.29. The molecule has 1 aliphatic carbocycles. The Balaban J connectivity index is 1.82. The SMILES string of the molecule is O=C(Nc1sc2c(c1C(=O)[O-])CCCC2)C(=O)N1CCCC1. The number of aromatic carboxylic acids is 1. The van der Waals surface area contributed by atoms with E-state index in [-0.39, 0.29) is 10.6 Å². The second-order valence-electron chi connectivity index (χ2n) is 5.66. The number of aryl methyl sites for hydroxylation is 1. The molecule has 0 saturated carbocycles. The Kier molecular flexibility index (Phi) is 4.15. The standard InChI is InChI=1S/C15H18N2O4S/c18-12(14(19)17-7-3-4-8-17)16-13-11(15(20)21)9-5-1-2-6-10(9)22-13/h1-8H2,(H,16,18)(H,20,21)/p-1. The number of nitrogens with one attached hydrogen (secondary N) is 1. The summed E-state index contributed by atoms with van der Waals surface area (Å²) in [6, 6.07) is 0. The maximum Gasteiger partial charge on any atom is 0.314 e. The van der Waals surface area contributed by atoms with Crippen LogP contribution in [0.25, 0.3) is 0 Å². The summed E-state index contributed by atoms with van der Waals surface area (Å²) in [5.74, 6) is -2.64. The highest BCUT2D eigenvalue weighted by Crippen LogP contribution is 2.37. The molecule has 0 unspecified atom stereocenters. The van der Waals surface area contributed by atoms with Crippen LogP contribution in [0.1, 0.15) is 46.5 Å². The van der Waals surface area contributed by atoms with Gasteiger partial charge in [-0.1, -0.05) is 0 Å². The second-order valence-corrected chi connectivity index (χ2v) is 6.76. The van der Waals surface area contributed by atoms with E-state index in [9.17, 15) is 19.5 Å². The molecule has 2 aliphatic rings. The lowest BCUT2D eigenvalue weighted by Crippen LogP contribution is -2.38. The Morgan fingerprint density at radius 1 is 1.05 bits per heavy atom. The topological polar surface area (TPSA) is 89.5 Å². The van der Waals surface area contributed by atoms with Crippen molar-refractivity contribution in [1.82, 2.24) is 4.90 Å². The van der Waals surface area contributed by atoms with Crippen molar-refractivity contribution in [3.05, 3.63) is 16.0 Å². The molecular formula is C15H17N2O4S-. The third-order valence-corrected chi connectivity index (χ3v) is 5.40. The number of amides is 2. The van der Waals surface area contributed by atoms with E-state index in [4.69, 9.17) is 0 Å². The van der Waals surface area contributed by atoms with Crippen molar-refractivity contribution < 1.29 is 19.5 Å². The molecule has 1 N–H and O–H groups in total. The summed E-state index contributed by atoms with van der Waals surface area (Å²) >= 11 is 1.26. The molecule has 1 fully saturated rings. The maximum absolute atomic E-state index is 12.1. The van der Waals surface area contributed by atoms with Crippen LogP contribution in [0, 0.1) is 0 Å². The molecule has 1 saturated heterocycles. The van der Waals surface area contributed by atoms with Gasteiger partial charge in [-0.3, -0.25) is 9.59 Å².